The summed E-state index contributed by atoms with van der Waals surface area (Å²) in [6, 6.07) is 8.13. The number of carbonyl (C=O) groups excluding carboxylic acids is 1. The highest BCUT2D eigenvalue weighted by atomic mass is 16.5. The topological polar surface area (TPSA) is 36.0 Å². The number of methoxy groups -OCH3 is 1. The van der Waals surface area contributed by atoms with Gasteiger partial charge in [-0.05, 0) is 32.0 Å². The van der Waals surface area contributed by atoms with E-state index in [-0.39, 0.29) is 5.91 Å². The second kappa shape index (κ2) is 7.32. The number of likely N-dealkylation sites (N-methyl/N-ethyl adjacent to an activating group) is 1. The first kappa shape index (κ1) is 16.3. The average Bonchev–Trinajstić information content (AvgIpc) is 2.62. The van der Waals surface area contributed by atoms with Crippen LogP contribution in [-0.4, -0.2) is 80.1 Å². The highest BCUT2D eigenvalue weighted by molar-refractivity contribution is 5.97. The van der Waals surface area contributed by atoms with E-state index in [1.807, 2.05) is 29.2 Å². The summed E-state index contributed by atoms with van der Waals surface area (Å²) in [6.45, 7) is 6.30. The predicted octanol–water partition coefficient (Wildman–Crippen LogP) is 1.55. The van der Waals surface area contributed by atoms with E-state index in [1.165, 1.54) is 0 Å². The molecule has 3 rings (SSSR count). The van der Waals surface area contributed by atoms with E-state index in [9.17, 15) is 4.79 Å². The van der Waals surface area contributed by atoms with Gasteiger partial charge in [0.25, 0.3) is 5.91 Å². The Hall–Kier alpha value is -1.59. The smallest absolute Gasteiger partial charge is 0.257 e. The lowest BCUT2D eigenvalue weighted by molar-refractivity contribution is 0.0516. The van der Waals surface area contributed by atoms with E-state index in [0.717, 1.165) is 52.1 Å². The molecule has 0 bridgehead atoms. The lowest BCUT2D eigenvalue weighted by Crippen LogP contribution is -2.53. The molecule has 2 aliphatic rings. The van der Waals surface area contributed by atoms with Gasteiger partial charge in [-0.25, -0.2) is 0 Å². The molecule has 1 aromatic rings. The first-order chi connectivity index (χ1) is 11.2. The van der Waals surface area contributed by atoms with Crippen molar-refractivity contribution in [3.05, 3.63) is 29.8 Å². The Labute approximate surface area is 138 Å². The van der Waals surface area contributed by atoms with Crippen molar-refractivity contribution in [3.8, 4) is 5.75 Å². The van der Waals surface area contributed by atoms with Crippen molar-refractivity contribution in [2.75, 3.05) is 53.4 Å². The minimum atomic E-state index is 0.0966. The number of nitrogens with zero attached hydrogens (tertiary/aromatic N) is 3. The van der Waals surface area contributed by atoms with Crippen molar-refractivity contribution in [2.45, 2.75) is 18.9 Å². The molecule has 0 aromatic heterocycles. The second-order valence-electron chi connectivity index (χ2n) is 6.56. The molecule has 1 amide bonds. The van der Waals surface area contributed by atoms with E-state index < -0.39 is 0 Å². The molecule has 0 N–H and O–H groups in total. The van der Waals surface area contributed by atoms with Crippen molar-refractivity contribution in [3.63, 3.8) is 0 Å². The Morgan fingerprint density at radius 1 is 1.04 bits per heavy atom. The standard InChI is InChI=1S/C18H27N3O2/c1-19-11-13-20(14-12-19)15-7-9-21(10-8-15)18(22)16-5-3-4-6-17(16)23-2/h3-6,15H,7-14H2,1-2H3. The van der Waals surface area contributed by atoms with Crippen LogP contribution in [0.1, 0.15) is 23.2 Å². The van der Waals surface area contributed by atoms with Crippen LogP contribution in [0.4, 0.5) is 0 Å². The summed E-state index contributed by atoms with van der Waals surface area (Å²) >= 11 is 0. The number of hydrogen-bond donors (Lipinski definition) is 0. The second-order valence-corrected chi connectivity index (χ2v) is 6.56. The van der Waals surface area contributed by atoms with Crippen LogP contribution in [0.5, 0.6) is 5.75 Å². The van der Waals surface area contributed by atoms with Gasteiger partial charge in [-0.2, -0.15) is 0 Å². The number of carbonyl (C=O) groups is 1. The lowest BCUT2D eigenvalue weighted by atomic mass is 10.0. The largest absolute Gasteiger partial charge is 0.496 e. The van der Waals surface area contributed by atoms with E-state index in [1.54, 1.807) is 7.11 Å². The molecule has 0 saturated carbocycles. The van der Waals surface area contributed by atoms with E-state index in [4.69, 9.17) is 4.74 Å². The summed E-state index contributed by atoms with van der Waals surface area (Å²) in [5.74, 6) is 0.762. The normalized spacial score (nSPS) is 21.4. The average molecular weight is 317 g/mol. The van der Waals surface area contributed by atoms with E-state index in [0.29, 0.717) is 17.4 Å². The minimum absolute atomic E-state index is 0.0966. The van der Waals surface area contributed by atoms with Gasteiger partial charge in [0.05, 0.1) is 12.7 Å². The first-order valence-electron chi connectivity index (χ1n) is 8.54. The number of amides is 1. The van der Waals surface area contributed by atoms with Crippen LogP contribution < -0.4 is 4.74 Å². The van der Waals surface area contributed by atoms with Crippen LogP contribution in [0.25, 0.3) is 0 Å². The summed E-state index contributed by atoms with van der Waals surface area (Å²) < 4.78 is 5.32. The fourth-order valence-corrected chi connectivity index (χ4v) is 3.61. The summed E-state index contributed by atoms with van der Waals surface area (Å²) in [5, 5.41) is 0. The third-order valence-electron chi connectivity index (χ3n) is 5.14. The molecule has 0 spiro atoms. The molecule has 2 heterocycles. The number of para-hydroxylation sites is 1. The maximum Gasteiger partial charge on any atom is 0.257 e. The van der Waals surface area contributed by atoms with Gasteiger partial charge >= 0.3 is 0 Å². The molecule has 0 atom stereocenters. The van der Waals surface area contributed by atoms with Crippen molar-refractivity contribution in [1.29, 1.82) is 0 Å². The number of likely N-dealkylation sites (tertiary alicyclic amines) is 1. The number of piperidine rings is 1. The molecule has 5 nitrogen and oxygen atoms in total. The third-order valence-corrected chi connectivity index (χ3v) is 5.14. The zero-order chi connectivity index (χ0) is 16.2. The molecular weight excluding hydrogens is 290 g/mol. The molecule has 23 heavy (non-hydrogen) atoms. The van der Waals surface area contributed by atoms with Crippen LogP contribution in [0.3, 0.4) is 0 Å². The van der Waals surface area contributed by atoms with Gasteiger partial charge < -0.3 is 14.5 Å². The third kappa shape index (κ3) is 3.67. The lowest BCUT2D eigenvalue weighted by Gasteiger charge is -2.42. The van der Waals surface area contributed by atoms with E-state index >= 15 is 0 Å². The molecule has 1 aromatic carbocycles. The monoisotopic (exact) mass is 317 g/mol. The molecule has 0 radical (unpaired) electrons. The summed E-state index contributed by atoms with van der Waals surface area (Å²) in [5.41, 5.74) is 0.674. The number of ether oxygens (including phenoxy) is 1. The van der Waals surface area contributed by atoms with Crippen LogP contribution in [-0.2, 0) is 0 Å². The molecule has 0 unspecified atom stereocenters. The Bertz CT molecular complexity index is 533. The van der Waals surface area contributed by atoms with Crippen LogP contribution >= 0.6 is 0 Å². The van der Waals surface area contributed by atoms with Gasteiger partial charge in [0, 0.05) is 45.3 Å². The van der Waals surface area contributed by atoms with Crippen molar-refractivity contribution < 1.29 is 9.53 Å². The fourth-order valence-electron chi connectivity index (χ4n) is 3.61. The summed E-state index contributed by atoms with van der Waals surface area (Å²) in [7, 11) is 3.80. The number of benzene rings is 1. The molecule has 0 aliphatic carbocycles. The Morgan fingerprint density at radius 2 is 1.70 bits per heavy atom. The number of hydrogen-bond acceptors (Lipinski definition) is 4. The SMILES string of the molecule is COc1ccccc1C(=O)N1CCC(N2CCN(C)CC2)CC1. The fraction of sp³-hybridized carbons (Fsp3) is 0.611. The molecule has 2 aliphatic heterocycles. The maximum absolute atomic E-state index is 12.7. The molecule has 2 saturated heterocycles. The van der Waals surface area contributed by atoms with Crippen molar-refractivity contribution >= 4 is 5.91 Å². The zero-order valence-corrected chi connectivity index (χ0v) is 14.2. The van der Waals surface area contributed by atoms with Gasteiger partial charge in [0.2, 0.25) is 0 Å². The van der Waals surface area contributed by atoms with Gasteiger partial charge in [-0.15, -0.1) is 0 Å². The highest BCUT2D eigenvalue weighted by Gasteiger charge is 2.29. The van der Waals surface area contributed by atoms with Gasteiger partial charge in [-0.1, -0.05) is 12.1 Å². The van der Waals surface area contributed by atoms with Crippen LogP contribution in [0, 0.1) is 0 Å². The number of piperazine rings is 1. The molecule has 126 valence electrons. The Kier molecular flexibility index (Phi) is 5.18. The van der Waals surface area contributed by atoms with Gasteiger partial charge in [0.15, 0.2) is 0 Å². The van der Waals surface area contributed by atoms with Crippen molar-refractivity contribution in [1.82, 2.24) is 14.7 Å². The molecular formula is C18H27N3O2. The van der Waals surface area contributed by atoms with Crippen molar-refractivity contribution in [2.24, 2.45) is 0 Å². The molecule has 2 fully saturated rings. The Balaban J connectivity index is 1.57. The van der Waals surface area contributed by atoms with Crippen LogP contribution in [0.2, 0.25) is 0 Å². The summed E-state index contributed by atoms with van der Waals surface area (Å²) in [4.78, 5) is 19.7. The van der Waals surface area contributed by atoms with Crippen LogP contribution in [0.15, 0.2) is 24.3 Å². The Morgan fingerprint density at radius 3 is 2.35 bits per heavy atom. The summed E-state index contributed by atoms with van der Waals surface area (Å²) in [6.07, 6.45) is 2.15. The van der Waals surface area contributed by atoms with E-state index in [2.05, 4.69) is 16.8 Å². The predicted molar refractivity (Wildman–Crippen MR) is 91.0 cm³/mol. The first-order valence-corrected chi connectivity index (χ1v) is 8.54. The zero-order valence-electron chi connectivity index (χ0n) is 14.2. The highest BCUT2D eigenvalue weighted by Crippen LogP contribution is 2.23. The minimum Gasteiger partial charge on any atom is -0.496 e. The van der Waals surface area contributed by atoms with Gasteiger partial charge in [0.1, 0.15) is 5.75 Å². The maximum atomic E-state index is 12.7. The number of rotatable bonds is 3. The molecule has 5 heteroatoms. The van der Waals surface area contributed by atoms with Gasteiger partial charge in [-0.3, -0.25) is 9.69 Å². The quantitative estimate of drug-likeness (QED) is 0.847.